The van der Waals surface area contributed by atoms with E-state index in [2.05, 4.69) is 9.97 Å². The van der Waals surface area contributed by atoms with Gasteiger partial charge in [-0.05, 0) is 41.5 Å². The van der Waals surface area contributed by atoms with Crippen LogP contribution in [0, 0.1) is 0 Å². The first kappa shape index (κ1) is 15.7. The summed E-state index contributed by atoms with van der Waals surface area (Å²) < 4.78 is 1.97. The highest BCUT2D eigenvalue weighted by Crippen LogP contribution is 2.19. The van der Waals surface area contributed by atoms with Crippen LogP contribution in [0.3, 0.4) is 0 Å². The van der Waals surface area contributed by atoms with Gasteiger partial charge in [-0.1, -0.05) is 0 Å². The molecule has 6 nitrogen and oxygen atoms in total. The molecule has 0 saturated carbocycles. The molecule has 0 aliphatic carbocycles. The Bertz CT molecular complexity index is 895. The molecule has 122 valence electrons. The molecule has 0 saturated heterocycles. The summed E-state index contributed by atoms with van der Waals surface area (Å²) in [4.78, 5) is 22.3. The molecule has 6 heteroatoms. The van der Waals surface area contributed by atoms with Crippen molar-refractivity contribution in [2.75, 3.05) is 12.8 Å². The van der Waals surface area contributed by atoms with E-state index < -0.39 is 0 Å². The predicted octanol–water partition coefficient (Wildman–Crippen LogP) is 2.22. The Labute approximate surface area is 140 Å². The van der Waals surface area contributed by atoms with E-state index in [0.29, 0.717) is 12.4 Å². The minimum atomic E-state index is -0.0762. The van der Waals surface area contributed by atoms with E-state index in [0.717, 1.165) is 22.2 Å². The molecule has 24 heavy (non-hydrogen) atoms. The lowest BCUT2D eigenvalue weighted by molar-refractivity contribution is -0.125. The topological polar surface area (TPSA) is 77.0 Å². The molecule has 3 aromatic rings. The second-order valence-corrected chi connectivity index (χ2v) is 5.68. The van der Waals surface area contributed by atoms with Crippen molar-refractivity contribution in [1.82, 2.24) is 19.4 Å². The van der Waals surface area contributed by atoms with Crippen LogP contribution in [0.4, 0.5) is 5.82 Å². The third kappa shape index (κ3) is 3.27. The number of nitrogens with two attached hydrogens (primary N) is 1. The third-order valence-corrected chi connectivity index (χ3v) is 3.83. The van der Waals surface area contributed by atoms with Crippen LogP contribution in [0.2, 0.25) is 0 Å². The summed E-state index contributed by atoms with van der Waals surface area (Å²) in [7, 11) is 3.73. The Kier molecular flexibility index (Phi) is 4.29. The number of fused-ring (bicyclic) bond motifs is 1. The Balaban J connectivity index is 1.72. The van der Waals surface area contributed by atoms with E-state index in [-0.39, 0.29) is 5.91 Å². The highest BCUT2D eigenvalue weighted by molar-refractivity contribution is 5.92. The van der Waals surface area contributed by atoms with Gasteiger partial charge in [-0.2, -0.15) is 0 Å². The fraction of sp³-hybridized carbons (Fsp3) is 0.167. The number of aromatic nitrogens is 3. The van der Waals surface area contributed by atoms with Crippen LogP contribution in [0.5, 0.6) is 0 Å². The number of carbonyl (C=O) groups is 1. The lowest BCUT2D eigenvalue weighted by Gasteiger charge is -2.14. The summed E-state index contributed by atoms with van der Waals surface area (Å²) >= 11 is 0. The molecule has 2 N–H and O–H groups in total. The van der Waals surface area contributed by atoms with Crippen molar-refractivity contribution in [2.45, 2.75) is 6.54 Å². The maximum Gasteiger partial charge on any atom is 0.246 e. The largest absolute Gasteiger partial charge is 0.384 e. The molecule has 0 fully saturated rings. The lowest BCUT2D eigenvalue weighted by Crippen LogP contribution is -2.24. The van der Waals surface area contributed by atoms with Gasteiger partial charge >= 0.3 is 0 Å². The van der Waals surface area contributed by atoms with Gasteiger partial charge in [0.15, 0.2) is 0 Å². The minimum absolute atomic E-state index is 0.0762. The number of nitrogen functional groups attached to an aromatic ring is 1. The quantitative estimate of drug-likeness (QED) is 0.748. The first-order valence-corrected chi connectivity index (χ1v) is 7.58. The van der Waals surface area contributed by atoms with Gasteiger partial charge in [0, 0.05) is 50.7 Å². The van der Waals surface area contributed by atoms with Crippen LogP contribution in [0.15, 0.2) is 48.9 Å². The van der Waals surface area contributed by atoms with E-state index in [4.69, 9.17) is 5.73 Å². The van der Waals surface area contributed by atoms with Crippen molar-refractivity contribution in [3.05, 3.63) is 60.1 Å². The van der Waals surface area contributed by atoms with Crippen molar-refractivity contribution in [2.24, 2.45) is 7.05 Å². The Morgan fingerprint density at radius 2 is 2.17 bits per heavy atom. The van der Waals surface area contributed by atoms with E-state index in [1.807, 2.05) is 36.0 Å². The van der Waals surface area contributed by atoms with E-state index in [1.54, 1.807) is 36.5 Å². The van der Waals surface area contributed by atoms with Crippen LogP contribution in [0.25, 0.3) is 17.1 Å². The maximum absolute atomic E-state index is 12.3. The summed E-state index contributed by atoms with van der Waals surface area (Å²) in [6.07, 6.45) is 8.68. The van der Waals surface area contributed by atoms with Crippen molar-refractivity contribution in [1.29, 1.82) is 0 Å². The number of likely N-dealkylation sites (N-methyl/N-ethyl adjacent to an activating group) is 1. The number of amides is 1. The van der Waals surface area contributed by atoms with Crippen LogP contribution < -0.4 is 5.73 Å². The zero-order valence-electron chi connectivity index (χ0n) is 13.7. The average molecular weight is 321 g/mol. The molecular formula is C18H19N5O. The molecule has 0 aromatic carbocycles. The molecule has 0 unspecified atom stereocenters. The molecule has 3 rings (SSSR count). The maximum atomic E-state index is 12.3. The first-order valence-electron chi connectivity index (χ1n) is 7.58. The highest BCUT2D eigenvalue weighted by atomic mass is 16.2. The smallest absolute Gasteiger partial charge is 0.246 e. The number of anilines is 1. The van der Waals surface area contributed by atoms with Gasteiger partial charge in [0.25, 0.3) is 0 Å². The monoisotopic (exact) mass is 321 g/mol. The zero-order valence-corrected chi connectivity index (χ0v) is 13.7. The summed E-state index contributed by atoms with van der Waals surface area (Å²) in [6, 6.07) is 7.45. The summed E-state index contributed by atoms with van der Waals surface area (Å²) in [5.41, 5.74) is 8.36. The SMILES string of the molecule is CN(Cc1cn(C)c2ncccc12)C(=O)/C=C/c1ccc(N)nc1. The van der Waals surface area contributed by atoms with Gasteiger partial charge in [-0.3, -0.25) is 4.79 Å². The standard InChI is InChI=1S/C18H19N5O/c1-22(17(24)8-6-13-5-7-16(19)21-10-13)11-14-12-23(2)18-15(14)4-3-9-20-18/h3-10,12H,11H2,1-2H3,(H2,19,21)/b8-6+. The number of rotatable bonds is 4. The van der Waals surface area contributed by atoms with Gasteiger partial charge in [-0.15, -0.1) is 0 Å². The van der Waals surface area contributed by atoms with Gasteiger partial charge in [0.05, 0.1) is 0 Å². The molecule has 0 aliphatic heterocycles. The third-order valence-electron chi connectivity index (χ3n) is 3.83. The summed E-state index contributed by atoms with van der Waals surface area (Å²) in [5, 5.41) is 1.06. The predicted molar refractivity (Wildman–Crippen MR) is 94.9 cm³/mol. The van der Waals surface area contributed by atoms with Crippen LogP contribution >= 0.6 is 0 Å². The Morgan fingerprint density at radius 3 is 2.92 bits per heavy atom. The number of carbonyl (C=O) groups excluding carboxylic acids is 1. The van der Waals surface area contributed by atoms with Gasteiger partial charge in [0.1, 0.15) is 11.5 Å². The van der Waals surface area contributed by atoms with Gasteiger partial charge in [-0.25, -0.2) is 9.97 Å². The van der Waals surface area contributed by atoms with Crippen LogP contribution in [-0.2, 0) is 18.4 Å². The first-order chi connectivity index (χ1) is 11.5. The number of hydrogen-bond acceptors (Lipinski definition) is 4. The number of hydrogen-bond donors (Lipinski definition) is 1. The number of aryl methyl sites for hydroxylation is 1. The van der Waals surface area contributed by atoms with Crippen molar-refractivity contribution >= 4 is 28.8 Å². The molecule has 0 atom stereocenters. The minimum Gasteiger partial charge on any atom is -0.384 e. The highest BCUT2D eigenvalue weighted by Gasteiger charge is 2.11. The molecule has 0 bridgehead atoms. The molecule has 3 heterocycles. The van der Waals surface area contributed by atoms with Crippen molar-refractivity contribution in [3.8, 4) is 0 Å². The van der Waals surface area contributed by atoms with E-state index >= 15 is 0 Å². The van der Waals surface area contributed by atoms with Gasteiger partial charge in [0.2, 0.25) is 5.91 Å². The van der Waals surface area contributed by atoms with Crippen LogP contribution in [0.1, 0.15) is 11.1 Å². The van der Waals surface area contributed by atoms with E-state index in [1.165, 1.54) is 6.08 Å². The van der Waals surface area contributed by atoms with E-state index in [9.17, 15) is 4.79 Å². The van der Waals surface area contributed by atoms with Gasteiger partial charge < -0.3 is 15.2 Å². The molecule has 0 spiro atoms. The van der Waals surface area contributed by atoms with Crippen LogP contribution in [-0.4, -0.2) is 32.4 Å². The zero-order chi connectivity index (χ0) is 17.1. The normalized spacial score (nSPS) is 11.2. The Morgan fingerprint density at radius 1 is 1.33 bits per heavy atom. The Hall–Kier alpha value is -3.15. The molecule has 0 aliphatic rings. The molecule has 3 aromatic heterocycles. The average Bonchev–Trinajstić information content (AvgIpc) is 2.90. The fourth-order valence-corrected chi connectivity index (χ4v) is 2.56. The number of nitrogens with zero attached hydrogens (tertiary/aromatic N) is 4. The fourth-order valence-electron chi connectivity index (χ4n) is 2.56. The molecular weight excluding hydrogens is 302 g/mol. The molecule has 1 amide bonds. The second-order valence-electron chi connectivity index (χ2n) is 5.68. The summed E-state index contributed by atoms with van der Waals surface area (Å²) in [5.74, 6) is 0.382. The lowest BCUT2D eigenvalue weighted by atomic mass is 10.2. The summed E-state index contributed by atoms with van der Waals surface area (Å²) in [6.45, 7) is 0.520. The van der Waals surface area contributed by atoms with Crippen molar-refractivity contribution in [3.63, 3.8) is 0 Å². The number of pyridine rings is 2. The molecule has 0 radical (unpaired) electrons. The van der Waals surface area contributed by atoms with Crippen molar-refractivity contribution < 1.29 is 4.79 Å². The second kappa shape index (κ2) is 6.54.